The average Bonchev–Trinajstić information content (AvgIpc) is 3.20. The molecule has 3 heterocycles. The number of benzene rings is 1. The lowest BCUT2D eigenvalue weighted by Gasteiger charge is -2.33. The molecule has 11 heteroatoms. The van der Waals surface area contributed by atoms with Crippen LogP contribution in [0.3, 0.4) is 0 Å². The first-order chi connectivity index (χ1) is 18.1. The predicted octanol–water partition coefficient (Wildman–Crippen LogP) is 3.58. The summed E-state index contributed by atoms with van der Waals surface area (Å²) in [7, 11) is 3.19. The lowest BCUT2D eigenvalue weighted by atomic mass is 9.84. The van der Waals surface area contributed by atoms with E-state index in [0.717, 1.165) is 22.6 Å². The van der Waals surface area contributed by atoms with Crippen molar-refractivity contribution < 1.29 is 23.8 Å². The van der Waals surface area contributed by atoms with Crippen molar-refractivity contribution in [2.75, 3.05) is 58.5 Å². The number of carbonyl (C=O) groups is 2. The Bertz CT molecular complexity index is 1250. The highest BCUT2D eigenvalue weighted by Crippen LogP contribution is 2.40. The van der Waals surface area contributed by atoms with E-state index in [2.05, 4.69) is 36.0 Å². The van der Waals surface area contributed by atoms with Gasteiger partial charge in [0, 0.05) is 43.4 Å². The lowest BCUT2D eigenvalue weighted by Crippen LogP contribution is -2.37. The lowest BCUT2D eigenvalue weighted by molar-refractivity contribution is 0.0949. The average molecular weight is 605 g/mol. The summed E-state index contributed by atoms with van der Waals surface area (Å²) in [5, 5.41) is 11.3. The summed E-state index contributed by atoms with van der Waals surface area (Å²) in [6, 6.07) is 5.55. The molecule has 0 radical (unpaired) electrons. The molecule has 0 bridgehead atoms. The number of fused-ring (bicyclic) bond motifs is 1. The molecule has 1 aromatic heterocycles. The number of rotatable bonds is 8. The van der Waals surface area contributed by atoms with Gasteiger partial charge in [-0.05, 0) is 30.5 Å². The minimum Gasteiger partial charge on any atom is -0.494 e. The number of amidine groups is 1. The van der Waals surface area contributed by atoms with Crippen LogP contribution in [0.2, 0.25) is 0 Å². The molecule has 0 spiro atoms. The maximum Gasteiger partial charge on any atom is 0.273 e. The number of nitrogens with one attached hydrogen (secondary N) is 2. The zero-order chi connectivity index (χ0) is 27.6. The van der Waals surface area contributed by atoms with Crippen molar-refractivity contribution in [3.05, 3.63) is 46.3 Å². The number of halogens is 1. The third kappa shape index (κ3) is 6.19. The van der Waals surface area contributed by atoms with Gasteiger partial charge in [0.1, 0.15) is 17.3 Å². The molecule has 0 saturated carbocycles. The molecule has 0 atom stereocenters. The molecule has 1 aromatic carbocycles. The van der Waals surface area contributed by atoms with Crippen LogP contribution >= 0.6 is 17.0 Å². The largest absolute Gasteiger partial charge is 0.494 e. The molecule has 2 aliphatic heterocycles. The zero-order valence-corrected chi connectivity index (χ0v) is 25.2. The van der Waals surface area contributed by atoms with Crippen LogP contribution in [0.25, 0.3) is 0 Å². The van der Waals surface area contributed by atoms with Crippen LogP contribution in [-0.4, -0.2) is 81.0 Å². The number of morpholine rings is 1. The van der Waals surface area contributed by atoms with E-state index >= 15 is 0 Å². The summed E-state index contributed by atoms with van der Waals surface area (Å²) in [6.07, 6.45) is 0. The van der Waals surface area contributed by atoms with E-state index < -0.39 is 0 Å². The molecule has 1 amide bonds. The van der Waals surface area contributed by atoms with Gasteiger partial charge in [0.05, 0.1) is 39.2 Å². The Kier molecular flexibility index (Phi) is 9.60. The van der Waals surface area contributed by atoms with E-state index in [1.54, 1.807) is 18.1 Å². The smallest absolute Gasteiger partial charge is 0.273 e. The van der Waals surface area contributed by atoms with Gasteiger partial charge in [0.25, 0.3) is 5.91 Å². The highest BCUT2D eigenvalue weighted by atomic mass is 79.9. The number of amides is 1. The minimum atomic E-state index is -0.387. The van der Waals surface area contributed by atoms with Crippen molar-refractivity contribution in [2.24, 2.45) is 0 Å². The quantitative estimate of drug-likeness (QED) is 0.440. The predicted molar refractivity (Wildman–Crippen MR) is 155 cm³/mol. The Morgan fingerprint density at radius 1 is 1.18 bits per heavy atom. The van der Waals surface area contributed by atoms with E-state index in [1.807, 2.05) is 19.1 Å². The van der Waals surface area contributed by atoms with Crippen LogP contribution in [0.1, 0.15) is 65.4 Å². The van der Waals surface area contributed by atoms with Crippen molar-refractivity contribution >= 4 is 40.2 Å². The number of pyridine rings is 1. The van der Waals surface area contributed by atoms with Crippen molar-refractivity contribution in [2.45, 2.75) is 39.7 Å². The summed E-state index contributed by atoms with van der Waals surface area (Å²) >= 11 is 0. The fraction of sp³-hybridized carbons (Fsp3) is 0.500. The minimum absolute atomic E-state index is 0. The summed E-state index contributed by atoms with van der Waals surface area (Å²) in [5.74, 6) is 0.752. The first-order valence-corrected chi connectivity index (χ1v) is 12.9. The van der Waals surface area contributed by atoms with E-state index in [1.165, 1.54) is 7.05 Å². The fourth-order valence-electron chi connectivity index (χ4n) is 4.83. The molecule has 4 rings (SSSR count). The van der Waals surface area contributed by atoms with Crippen molar-refractivity contribution in [3.63, 3.8) is 0 Å². The van der Waals surface area contributed by atoms with Gasteiger partial charge in [-0.25, -0.2) is 4.98 Å². The van der Waals surface area contributed by atoms with Gasteiger partial charge in [0.15, 0.2) is 17.2 Å². The molecule has 39 heavy (non-hydrogen) atoms. The number of aromatic nitrogens is 1. The molecular formula is C28H38BrN5O5. The Hall–Kier alpha value is -3.18. The first-order valence-electron chi connectivity index (χ1n) is 12.9. The second-order valence-corrected chi connectivity index (χ2v) is 10.4. The van der Waals surface area contributed by atoms with Crippen molar-refractivity contribution in [1.29, 1.82) is 5.41 Å². The Labute approximate surface area is 240 Å². The second kappa shape index (κ2) is 12.3. The van der Waals surface area contributed by atoms with Gasteiger partial charge < -0.3 is 29.3 Å². The SMILES string of the molecule is Br.CCOc1cc2c(nc1C(=O)NC)C(=N)N(CC(=O)c1cc(N3CCOCC3)c(OC)c(C(C)(C)C)c1)C2. The molecule has 1 fully saturated rings. The highest BCUT2D eigenvalue weighted by molar-refractivity contribution is 8.93. The molecule has 2 N–H and O–H groups in total. The maximum absolute atomic E-state index is 13.7. The summed E-state index contributed by atoms with van der Waals surface area (Å²) in [6.45, 7) is 11.5. The van der Waals surface area contributed by atoms with Gasteiger partial charge in [0.2, 0.25) is 0 Å². The van der Waals surface area contributed by atoms with Gasteiger partial charge in [-0.1, -0.05) is 20.8 Å². The number of Topliss-reactive ketones (excluding diaryl/α,β-unsaturated/α-hetero) is 1. The number of anilines is 1. The number of hydrogen-bond donors (Lipinski definition) is 2. The van der Waals surface area contributed by atoms with Gasteiger partial charge in [-0.15, -0.1) is 17.0 Å². The molecule has 1 saturated heterocycles. The fourth-order valence-corrected chi connectivity index (χ4v) is 4.83. The highest BCUT2D eigenvalue weighted by Gasteiger charge is 2.32. The van der Waals surface area contributed by atoms with Gasteiger partial charge >= 0.3 is 0 Å². The molecular weight excluding hydrogens is 566 g/mol. The third-order valence-corrected chi connectivity index (χ3v) is 6.80. The Balaban J connectivity index is 0.00000420. The number of ketones is 1. The molecule has 2 aliphatic rings. The van der Waals surface area contributed by atoms with E-state index in [4.69, 9.17) is 19.6 Å². The summed E-state index contributed by atoms with van der Waals surface area (Å²) in [4.78, 5) is 34.4. The molecule has 2 aromatic rings. The van der Waals surface area contributed by atoms with Crippen LogP contribution in [0.15, 0.2) is 18.2 Å². The second-order valence-electron chi connectivity index (χ2n) is 10.4. The Morgan fingerprint density at radius 2 is 1.87 bits per heavy atom. The summed E-state index contributed by atoms with van der Waals surface area (Å²) in [5.41, 5.74) is 3.41. The number of carbonyl (C=O) groups excluding carboxylic acids is 2. The normalized spacial score (nSPS) is 15.0. The van der Waals surface area contributed by atoms with Gasteiger partial charge in [-0.3, -0.25) is 15.0 Å². The van der Waals surface area contributed by atoms with Crippen LogP contribution in [0.4, 0.5) is 5.69 Å². The van der Waals surface area contributed by atoms with E-state index in [-0.39, 0.29) is 52.2 Å². The molecule has 212 valence electrons. The number of methoxy groups -OCH3 is 1. The topological polar surface area (TPSA) is 117 Å². The number of nitrogens with zero attached hydrogens (tertiary/aromatic N) is 3. The third-order valence-electron chi connectivity index (χ3n) is 6.80. The maximum atomic E-state index is 13.7. The van der Waals surface area contributed by atoms with Crippen molar-refractivity contribution in [3.8, 4) is 11.5 Å². The first kappa shape index (κ1) is 30.4. The number of hydrogen-bond acceptors (Lipinski definition) is 8. The zero-order valence-electron chi connectivity index (χ0n) is 23.5. The standard InChI is InChI=1S/C28H37N5O5.BrH/c1-7-38-22-14-18-15-33(26(29)23(18)31-24(22)27(35)30-5)16-21(34)17-12-19(28(2,3)4)25(36-6)20(13-17)32-8-10-37-11-9-32;/h12-14,29H,7-11,15-16H2,1-6H3,(H,30,35);1H. The molecule has 0 unspecified atom stereocenters. The van der Waals surface area contributed by atoms with Crippen LogP contribution in [0, 0.1) is 5.41 Å². The van der Waals surface area contributed by atoms with Crippen LogP contribution in [-0.2, 0) is 16.7 Å². The van der Waals surface area contributed by atoms with Crippen LogP contribution in [0.5, 0.6) is 11.5 Å². The molecule has 0 aliphatic carbocycles. The summed E-state index contributed by atoms with van der Waals surface area (Å²) < 4.78 is 17.0. The van der Waals surface area contributed by atoms with Crippen molar-refractivity contribution in [1.82, 2.24) is 15.2 Å². The van der Waals surface area contributed by atoms with Crippen LogP contribution < -0.4 is 19.7 Å². The Morgan fingerprint density at radius 3 is 2.46 bits per heavy atom. The molecule has 10 nitrogen and oxygen atoms in total. The van der Waals surface area contributed by atoms with E-state index in [0.29, 0.717) is 56.5 Å². The monoisotopic (exact) mass is 603 g/mol. The van der Waals surface area contributed by atoms with Gasteiger partial charge in [-0.2, -0.15) is 0 Å². The number of ether oxygens (including phenoxy) is 3. The van der Waals surface area contributed by atoms with E-state index in [9.17, 15) is 9.59 Å².